The second-order valence-corrected chi connectivity index (χ2v) is 6.20. The van der Waals surface area contributed by atoms with Crippen LogP contribution in [-0.4, -0.2) is 11.7 Å². The van der Waals surface area contributed by atoms with Crippen molar-refractivity contribution in [1.82, 2.24) is 5.32 Å². The van der Waals surface area contributed by atoms with Gasteiger partial charge in [0.05, 0.1) is 0 Å². The van der Waals surface area contributed by atoms with Crippen LogP contribution in [0, 0.1) is 6.92 Å². The first-order chi connectivity index (χ1) is 8.69. The van der Waals surface area contributed by atoms with Crippen molar-refractivity contribution in [3.63, 3.8) is 0 Å². The molecule has 1 aromatic carbocycles. The lowest BCUT2D eigenvalue weighted by molar-refractivity contribution is 0.0523. The zero-order valence-electron chi connectivity index (χ0n) is 12.8. The van der Waals surface area contributed by atoms with Crippen molar-refractivity contribution >= 4 is 6.09 Å². The maximum Gasteiger partial charge on any atom is 0.407 e. The van der Waals surface area contributed by atoms with Gasteiger partial charge in [0.25, 0.3) is 0 Å². The quantitative estimate of drug-likeness (QED) is 0.890. The van der Waals surface area contributed by atoms with Gasteiger partial charge in [0.15, 0.2) is 0 Å². The first kappa shape index (κ1) is 15.5. The fourth-order valence-electron chi connectivity index (χ4n) is 1.72. The maximum atomic E-state index is 11.6. The Morgan fingerprint density at radius 2 is 1.95 bits per heavy atom. The van der Waals surface area contributed by atoms with Crippen LogP contribution < -0.4 is 5.32 Å². The summed E-state index contributed by atoms with van der Waals surface area (Å²) in [4.78, 5) is 11.6. The number of hydrogen-bond acceptors (Lipinski definition) is 2. The molecule has 3 nitrogen and oxygen atoms in total. The van der Waals surface area contributed by atoms with E-state index in [9.17, 15) is 4.79 Å². The molecule has 0 atom stereocenters. The van der Waals surface area contributed by atoms with E-state index in [1.807, 2.05) is 20.8 Å². The van der Waals surface area contributed by atoms with Crippen molar-refractivity contribution in [1.29, 1.82) is 0 Å². The van der Waals surface area contributed by atoms with Gasteiger partial charge in [-0.05, 0) is 50.3 Å². The molecule has 19 heavy (non-hydrogen) atoms. The Morgan fingerprint density at radius 1 is 1.32 bits per heavy atom. The number of rotatable bonds is 3. The molecule has 1 rings (SSSR count). The Bertz CT molecular complexity index is 445. The summed E-state index contributed by atoms with van der Waals surface area (Å²) < 4.78 is 5.23. The van der Waals surface area contributed by atoms with E-state index in [1.54, 1.807) is 0 Å². The van der Waals surface area contributed by atoms with Crippen LogP contribution in [0.25, 0.3) is 0 Å². The summed E-state index contributed by atoms with van der Waals surface area (Å²) in [5.74, 6) is 0.487. The fourth-order valence-corrected chi connectivity index (χ4v) is 1.72. The number of alkyl carbamates (subject to hydrolysis) is 1. The summed E-state index contributed by atoms with van der Waals surface area (Å²) in [5.41, 5.74) is 3.14. The molecule has 0 spiro atoms. The van der Waals surface area contributed by atoms with Crippen molar-refractivity contribution in [3.8, 4) is 0 Å². The van der Waals surface area contributed by atoms with Crippen LogP contribution in [0.15, 0.2) is 18.2 Å². The van der Waals surface area contributed by atoms with E-state index in [0.29, 0.717) is 12.5 Å². The highest BCUT2D eigenvalue weighted by atomic mass is 16.6. The zero-order chi connectivity index (χ0) is 14.6. The normalized spacial score (nSPS) is 11.5. The number of aryl methyl sites for hydroxylation is 1. The SMILES string of the molecule is Cc1ccc(C(C)C)cc1CNC(=O)OC(C)(C)C. The van der Waals surface area contributed by atoms with E-state index in [4.69, 9.17) is 4.74 Å². The summed E-state index contributed by atoms with van der Waals surface area (Å²) in [6.45, 7) is 12.5. The molecule has 0 radical (unpaired) electrons. The van der Waals surface area contributed by atoms with Gasteiger partial charge in [-0.1, -0.05) is 32.0 Å². The van der Waals surface area contributed by atoms with Gasteiger partial charge in [0.1, 0.15) is 5.60 Å². The number of hydrogen-bond donors (Lipinski definition) is 1. The molecule has 1 N–H and O–H groups in total. The van der Waals surface area contributed by atoms with E-state index < -0.39 is 5.60 Å². The summed E-state index contributed by atoms with van der Waals surface area (Å²) in [6.07, 6.45) is -0.373. The largest absolute Gasteiger partial charge is 0.444 e. The molecule has 0 unspecified atom stereocenters. The van der Waals surface area contributed by atoms with Crippen molar-refractivity contribution in [2.24, 2.45) is 0 Å². The van der Waals surface area contributed by atoms with Crippen LogP contribution in [0.1, 0.15) is 57.2 Å². The van der Waals surface area contributed by atoms with Crippen LogP contribution >= 0.6 is 0 Å². The standard InChI is InChI=1S/C16H25NO2/c1-11(2)13-8-7-12(3)14(9-13)10-17-15(18)19-16(4,5)6/h7-9,11H,10H2,1-6H3,(H,17,18). The van der Waals surface area contributed by atoms with E-state index >= 15 is 0 Å². The van der Waals surface area contributed by atoms with Crippen molar-refractivity contribution in [2.75, 3.05) is 0 Å². The Kier molecular flexibility index (Phi) is 4.98. The Balaban J connectivity index is 2.67. The number of benzene rings is 1. The highest BCUT2D eigenvalue weighted by Gasteiger charge is 2.16. The van der Waals surface area contributed by atoms with Crippen molar-refractivity contribution in [2.45, 2.75) is 59.6 Å². The third kappa shape index (κ3) is 5.33. The average Bonchev–Trinajstić information content (AvgIpc) is 2.25. The molecule has 0 aliphatic heterocycles. The lowest BCUT2D eigenvalue weighted by Gasteiger charge is -2.20. The number of carbonyl (C=O) groups is 1. The molecule has 0 aromatic heterocycles. The minimum absolute atomic E-state index is 0.373. The van der Waals surface area contributed by atoms with Gasteiger partial charge in [-0.3, -0.25) is 0 Å². The topological polar surface area (TPSA) is 38.3 Å². The monoisotopic (exact) mass is 263 g/mol. The molecule has 0 aliphatic rings. The second kappa shape index (κ2) is 6.09. The molecule has 0 saturated carbocycles. The summed E-state index contributed by atoms with van der Waals surface area (Å²) in [5, 5.41) is 2.80. The van der Waals surface area contributed by atoms with E-state index in [2.05, 4.69) is 44.3 Å². The molecule has 0 saturated heterocycles. The summed E-state index contributed by atoms with van der Waals surface area (Å²) in [7, 11) is 0. The van der Waals surface area contributed by atoms with Gasteiger partial charge in [-0.2, -0.15) is 0 Å². The molecule has 0 heterocycles. The Hall–Kier alpha value is -1.51. The van der Waals surface area contributed by atoms with E-state index in [1.165, 1.54) is 11.1 Å². The molecule has 0 bridgehead atoms. The molecule has 0 aliphatic carbocycles. The second-order valence-electron chi connectivity index (χ2n) is 6.20. The minimum Gasteiger partial charge on any atom is -0.444 e. The van der Waals surface area contributed by atoms with E-state index in [-0.39, 0.29) is 6.09 Å². The van der Waals surface area contributed by atoms with E-state index in [0.717, 1.165) is 5.56 Å². The van der Waals surface area contributed by atoms with Gasteiger partial charge in [-0.15, -0.1) is 0 Å². The molecule has 1 amide bonds. The zero-order valence-corrected chi connectivity index (χ0v) is 12.8. The van der Waals surface area contributed by atoms with Gasteiger partial charge >= 0.3 is 6.09 Å². The number of amides is 1. The van der Waals surface area contributed by atoms with Crippen LogP contribution in [0.4, 0.5) is 4.79 Å². The van der Waals surface area contributed by atoms with Crippen LogP contribution in [-0.2, 0) is 11.3 Å². The van der Waals surface area contributed by atoms with Gasteiger partial charge in [0, 0.05) is 6.54 Å². The lowest BCUT2D eigenvalue weighted by Crippen LogP contribution is -2.32. The predicted molar refractivity (Wildman–Crippen MR) is 78.3 cm³/mol. The number of nitrogens with one attached hydrogen (secondary N) is 1. The highest BCUT2D eigenvalue weighted by Crippen LogP contribution is 2.18. The van der Waals surface area contributed by atoms with Gasteiger partial charge in [0.2, 0.25) is 0 Å². The summed E-state index contributed by atoms with van der Waals surface area (Å²) in [6, 6.07) is 6.38. The molecule has 106 valence electrons. The molecule has 1 aromatic rings. The van der Waals surface area contributed by atoms with Crippen LogP contribution in [0.2, 0.25) is 0 Å². The lowest BCUT2D eigenvalue weighted by atomic mass is 9.98. The predicted octanol–water partition coefficient (Wildman–Crippen LogP) is 4.14. The van der Waals surface area contributed by atoms with Crippen LogP contribution in [0.5, 0.6) is 0 Å². The average molecular weight is 263 g/mol. The van der Waals surface area contributed by atoms with Gasteiger partial charge in [-0.25, -0.2) is 4.79 Å². The third-order valence-corrected chi connectivity index (χ3v) is 2.86. The smallest absolute Gasteiger partial charge is 0.407 e. The molecular weight excluding hydrogens is 238 g/mol. The molecular formula is C16H25NO2. The minimum atomic E-state index is -0.459. The third-order valence-electron chi connectivity index (χ3n) is 2.86. The first-order valence-corrected chi connectivity index (χ1v) is 6.75. The Morgan fingerprint density at radius 3 is 2.47 bits per heavy atom. The van der Waals surface area contributed by atoms with Crippen LogP contribution in [0.3, 0.4) is 0 Å². The van der Waals surface area contributed by atoms with Gasteiger partial charge < -0.3 is 10.1 Å². The van der Waals surface area contributed by atoms with Crippen molar-refractivity contribution < 1.29 is 9.53 Å². The Labute approximate surface area is 116 Å². The van der Waals surface area contributed by atoms with Crippen molar-refractivity contribution in [3.05, 3.63) is 34.9 Å². The number of ether oxygens (including phenoxy) is 1. The summed E-state index contributed by atoms with van der Waals surface area (Å²) >= 11 is 0. The first-order valence-electron chi connectivity index (χ1n) is 6.75. The molecule has 3 heteroatoms. The fraction of sp³-hybridized carbons (Fsp3) is 0.562. The number of carbonyl (C=O) groups excluding carboxylic acids is 1. The maximum absolute atomic E-state index is 11.6. The molecule has 0 fully saturated rings. The highest BCUT2D eigenvalue weighted by molar-refractivity contribution is 5.67.